The minimum absolute atomic E-state index is 0.660. The summed E-state index contributed by atoms with van der Waals surface area (Å²) in [7, 11) is 0. The van der Waals surface area contributed by atoms with Crippen molar-refractivity contribution in [2.24, 2.45) is 5.92 Å². The maximum Gasteiger partial charge on any atom is 0.0208 e. The van der Waals surface area contributed by atoms with Gasteiger partial charge < -0.3 is 10.2 Å². The number of likely N-dealkylation sites (tertiary alicyclic amines) is 1. The summed E-state index contributed by atoms with van der Waals surface area (Å²) in [6, 6.07) is 11.5. The van der Waals surface area contributed by atoms with Gasteiger partial charge in [0.2, 0.25) is 0 Å². The molecule has 1 aromatic carbocycles. The summed E-state index contributed by atoms with van der Waals surface area (Å²) in [5.74, 6) is 0.888. The monoisotopic (exact) mass is 302 g/mol. The van der Waals surface area contributed by atoms with Crippen molar-refractivity contribution in [1.82, 2.24) is 10.2 Å². The molecule has 22 heavy (non-hydrogen) atoms. The highest BCUT2D eigenvalue weighted by molar-refractivity contribution is 5.14. The van der Waals surface area contributed by atoms with Gasteiger partial charge in [-0.25, -0.2) is 0 Å². The molecule has 0 bridgehead atoms. The second kappa shape index (κ2) is 10.0. The molecule has 0 spiro atoms. The molecule has 1 aliphatic heterocycles. The van der Waals surface area contributed by atoms with Crippen molar-refractivity contribution in [3.63, 3.8) is 0 Å². The van der Waals surface area contributed by atoms with Gasteiger partial charge in [-0.2, -0.15) is 0 Å². The molecule has 0 amide bonds. The molecular formula is C20H34N2. The van der Waals surface area contributed by atoms with Crippen LogP contribution in [0.2, 0.25) is 0 Å². The van der Waals surface area contributed by atoms with Crippen molar-refractivity contribution in [1.29, 1.82) is 0 Å². The minimum Gasteiger partial charge on any atom is -0.309 e. The van der Waals surface area contributed by atoms with Crippen molar-refractivity contribution < 1.29 is 0 Å². The van der Waals surface area contributed by atoms with Gasteiger partial charge in [-0.1, -0.05) is 63.4 Å². The average molecular weight is 303 g/mol. The normalized spacial score (nSPS) is 22.8. The molecule has 1 aliphatic rings. The second-order valence-electron chi connectivity index (χ2n) is 6.92. The van der Waals surface area contributed by atoms with Gasteiger partial charge in [0.25, 0.3) is 0 Å². The molecule has 1 heterocycles. The summed E-state index contributed by atoms with van der Waals surface area (Å²) in [4.78, 5) is 2.70. The molecule has 2 unspecified atom stereocenters. The molecule has 2 heteroatoms. The minimum atomic E-state index is 0.660. The van der Waals surface area contributed by atoms with Crippen molar-refractivity contribution in [3.8, 4) is 0 Å². The van der Waals surface area contributed by atoms with Crippen LogP contribution in [-0.2, 0) is 6.54 Å². The Balaban J connectivity index is 1.84. The van der Waals surface area contributed by atoms with E-state index in [-0.39, 0.29) is 0 Å². The van der Waals surface area contributed by atoms with E-state index in [1.165, 1.54) is 63.7 Å². The standard InChI is InChI=1S/C20H34N2/c1-3-5-10-19-14-20(17-22(16-19)13-6-4-2)21-15-18-11-8-7-9-12-18/h7-9,11-12,19-21H,3-6,10,13-17H2,1-2H3. The first kappa shape index (κ1) is 17.5. The van der Waals surface area contributed by atoms with Crippen LogP contribution < -0.4 is 5.32 Å². The third-order valence-corrected chi connectivity index (χ3v) is 4.84. The molecule has 2 rings (SSSR count). The molecule has 124 valence electrons. The van der Waals surface area contributed by atoms with Crippen LogP contribution in [0.5, 0.6) is 0 Å². The van der Waals surface area contributed by atoms with Gasteiger partial charge in [0.05, 0.1) is 0 Å². The summed E-state index contributed by atoms with van der Waals surface area (Å²) >= 11 is 0. The second-order valence-corrected chi connectivity index (χ2v) is 6.92. The molecule has 0 saturated carbocycles. The van der Waals surface area contributed by atoms with Gasteiger partial charge in [-0.15, -0.1) is 0 Å². The van der Waals surface area contributed by atoms with Crippen molar-refractivity contribution in [2.75, 3.05) is 19.6 Å². The van der Waals surface area contributed by atoms with Crippen LogP contribution in [0.1, 0.15) is 57.9 Å². The quantitative estimate of drug-likeness (QED) is 0.724. The van der Waals surface area contributed by atoms with Crippen molar-refractivity contribution in [3.05, 3.63) is 35.9 Å². The lowest BCUT2D eigenvalue weighted by Gasteiger charge is -2.38. The van der Waals surface area contributed by atoms with Crippen LogP contribution in [-0.4, -0.2) is 30.6 Å². The Bertz CT molecular complexity index is 374. The largest absolute Gasteiger partial charge is 0.309 e. The average Bonchev–Trinajstić information content (AvgIpc) is 2.57. The Kier molecular flexibility index (Phi) is 7.96. The zero-order valence-corrected chi connectivity index (χ0v) is 14.6. The number of rotatable bonds is 9. The van der Waals surface area contributed by atoms with Gasteiger partial charge in [-0.3, -0.25) is 0 Å². The van der Waals surface area contributed by atoms with Crippen molar-refractivity contribution >= 4 is 0 Å². The topological polar surface area (TPSA) is 15.3 Å². The summed E-state index contributed by atoms with van der Waals surface area (Å²) < 4.78 is 0. The Morgan fingerprint density at radius 3 is 2.55 bits per heavy atom. The predicted molar refractivity (Wildman–Crippen MR) is 96.0 cm³/mol. The van der Waals surface area contributed by atoms with E-state index in [1.807, 2.05) is 0 Å². The molecule has 1 fully saturated rings. The highest BCUT2D eigenvalue weighted by Gasteiger charge is 2.26. The summed E-state index contributed by atoms with van der Waals surface area (Å²) in [5.41, 5.74) is 1.40. The van der Waals surface area contributed by atoms with Gasteiger partial charge in [0, 0.05) is 25.7 Å². The van der Waals surface area contributed by atoms with Crippen LogP contribution in [0.3, 0.4) is 0 Å². The lowest BCUT2D eigenvalue weighted by atomic mass is 9.89. The molecule has 1 N–H and O–H groups in total. The summed E-state index contributed by atoms with van der Waals surface area (Å²) in [6.07, 6.45) is 8.12. The molecule has 0 aromatic heterocycles. The van der Waals surface area contributed by atoms with Crippen LogP contribution >= 0.6 is 0 Å². The van der Waals surface area contributed by atoms with E-state index < -0.39 is 0 Å². The van der Waals surface area contributed by atoms with E-state index in [9.17, 15) is 0 Å². The van der Waals surface area contributed by atoms with Crippen LogP contribution in [0.4, 0.5) is 0 Å². The first-order chi connectivity index (χ1) is 10.8. The lowest BCUT2D eigenvalue weighted by molar-refractivity contribution is 0.132. The van der Waals surface area contributed by atoms with E-state index >= 15 is 0 Å². The number of unbranched alkanes of at least 4 members (excludes halogenated alkanes) is 2. The molecule has 2 nitrogen and oxygen atoms in total. The molecule has 1 aromatic rings. The number of hydrogen-bond donors (Lipinski definition) is 1. The number of nitrogens with one attached hydrogen (secondary N) is 1. The number of benzene rings is 1. The maximum absolute atomic E-state index is 3.81. The molecular weight excluding hydrogens is 268 g/mol. The Labute approximate surface area is 137 Å². The first-order valence-electron chi connectivity index (χ1n) is 9.31. The smallest absolute Gasteiger partial charge is 0.0208 e. The zero-order chi connectivity index (χ0) is 15.6. The summed E-state index contributed by atoms with van der Waals surface area (Å²) in [6.45, 7) is 9.45. The van der Waals surface area contributed by atoms with Gasteiger partial charge >= 0.3 is 0 Å². The summed E-state index contributed by atoms with van der Waals surface area (Å²) in [5, 5.41) is 3.81. The number of piperidine rings is 1. The molecule has 1 saturated heterocycles. The third kappa shape index (κ3) is 6.10. The Hall–Kier alpha value is -0.860. The first-order valence-corrected chi connectivity index (χ1v) is 9.31. The fourth-order valence-electron chi connectivity index (χ4n) is 3.57. The van der Waals surface area contributed by atoms with E-state index in [1.54, 1.807) is 0 Å². The molecule has 0 radical (unpaired) electrons. The fraction of sp³-hybridized carbons (Fsp3) is 0.700. The van der Waals surface area contributed by atoms with Crippen LogP contribution in [0, 0.1) is 5.92 Å². The highest BCUT2D eigenvalue weighted by atomic mass is 15.2. The van der Waals surface area contributed by atoms with E-state index in [2.05, 4.69) is 54.4 Å². The number of hydrogen-bond acceptors (Lipinski definition) is 2. The Morgan fingerprint density at radius 2 is 1.82 bits per heavy atom. The maximum atomic E-state index is 3.81. The van der Waals surface area contributed by atoms with Crippen LogP contribution in [0.15, 0.2) is 30.3 Å². The van der Waals surface area contributed by atoms with Gasteiger partial charge in [0.1, 0.15) is 0 Å². The Morgan fingerprint density at radius 1 is 1.05 bits per heavy atom. The highest BCUT2D eigenvalue weighted by Crippen LogP contribution is 2.22. The van der Waals surface area contributed by atoms with E-state index in [4.69, 9.17) is 0 Å². The van der Waals surface area contributed by atoms with Crippen molar-refractivity contribution in [2.45, 2.75) is 65.0 Å². The fourth-order valence-corrected chi connectivity index (χ4v) is 3.57. The number of nitrogens with zero attached hydrogens (tertiary/aromatic N) is 1. The predicted octanol–water partition coefficient (Wildman–Crippen LogP) is 4.46. The SMILES string of the molecule is CCCCC1CC(NCc2ccccc2)CN(CCCC)C1. The third-order valence-electron chi connectivity index (χ3n) is 4.84. The van der Waals surface area contributed by atoms with Crippen LogP contribution in [0.25, 0.3) is 0 Å². The van der Waals surface area contributed by atoms with E-state index in [0.29, 0.717) is 6.04 Å². The van der Waals surface area contributed by atoms with E-state index in [0.717, 1.165) is 12.5 Å². The van der Waals surface area contributed by atoms with Gasteiger partial charge in [0.15, 0.2) is 0 Å². The molecule has 0 aliphatic carbocycles. The molecule has 2 atom stereocenters. The van der Waals surface area contributed by atoms with Gasteiger partial charge in [-0.05, 0) is 37.3 Å². The lowest BCUT2D eigenvalue weighted by Crippen LogP contribution is -2.49. The zero-order valence-electron chi connectivity index (χ0n) is 14.6.